The molecule has 2 fully saturated rings. The number of nitriles is 1. The lowest BCUT2D eigenvalue weighted by Gasteiger charge is -2.35. The molecule has 5 nitrogen and oxygen atoms in total. The van der Waals surface area contributed by atoms with E-state index in [1.807, 2.05) is 18.2 Å². The van der Waals surface area contributed by atoms with E-state index in [1.165, 1.54) is 24.2 Å². The zero-order valence-corrected chi connectivity index (χ0v) is 13.8. The highest BCUT2D eigenvalue weighted by atomic mass is 32.1. The molecule has 23 heavy (non-hydrogen) atoms. The van der Waals surface area contributed by atoms with Crippen LogP contribution < -0.4 is 4.74 Å². The Labute approximate surface area is 139 Å². The van der Waals surface area contributed by atoms with Crippen LogP contribution in [0, 0.1) is 11.3 Å². The predicted octanol–water partition coefficient (Wildman–Crippen LogP) is 3.08. The first-order valence-electron chi connectivity index (χ1n) is 7.95. The van der Waals surface area contributed by atoms with Gasteiger partial charge in [0.1, 0.15) is 6.10 Å². The van der Waals surface area contributed by atoms with Gasteiger partial charge in [-0.1, -0.05) is 28.6 Å². The molecular weight excluding hydrogens is 308 g/mol. The van der Waals surface area contributed by atoms with Crippen LogP contribution in [0.25, 0.3) is 10.6 Å². The van der Waals surface area contributed by atoms with Crippen LogP contribution in [0.4, 0.5) is 0 Å². The summed E-state index contributed by atoms with van der Waals surface area (Å²) in [6.45, 7) is 0. The molecule has 118 valence electrons. The van der Waals surface area contributed by atoms with Crippen LogP contribution >= 0.6 is 11.3 Å². The van der Waals surface area contributed by atoms with Gasteiger partial charge < -0.3 is 9.64 Å². The van der Waals surface area contributed by atoms with E-state index in [2.05, 4.69) is 28.2 Å². The number of nitrogens with zero attached hydrogens (tertiary/aromatic N) is 4. The molecule has 6 heteroatoms. The van der Waals surface area contributed by atoms with Gasteiger partial charge in [0.25, 0.3) is 5.19 Å². The highest BCUT2D eigenvalue weighted by molar-refractivity contribution is 7.16. The Morgan fingerprint density at radius 1 is 1.26 bits per heavy atom. The molecule has 0 amide bonds. The molecule has 2 unspecified atom stereocenters. The van der Waals surface area contributed by atoms with E-state index in [0.29, 0.717) is 22.8 Å². The standard InChI is InChI=1S/C17H18N4OS/c1-21-13-5-6-14(21)9-15(8-13)22-17-20-19-16(23-17)12-4-2-3-11(7-12)10-18/h2-4,7,13-15H,5-6,8-9H2,1H3. The maximum Gasteiger partial charge on any atom is 0.294 e. The van der Waals surface area contributed by atoms with Crippen molar-refractivity contribution in [2.45, 2.75) is 43.9 Å². The van der Waals surface area contributed by atoms with Crippen LogP contribution in [0.2, 0.25) is 0 Å². The van der Waals surface area contributed by atoms with E-state index in [1.54, 1.807) is 6.07 Å². The number of aromatic nitrogens is 2. The lowest BCUT2D eigenvalue weighted by atomic mass is 10.0. The molecule has 0 N–H and O–H groups in total. The Bertz CT molecular complexity index is 739. The van der Waals surface area contributed by atoms with Crippen molar-refractivity contribution in [2.24, 2.45) is 0 Å². The van der Waals surface area contributed by atoms with Crippen molar-refractivity contribution in [3.05, 3.63) is 29.8 Å². The molecule has 2 aromatic rings. The third-order valence-corrected chi connectivity index (χ3v) is 5.83. The number of hydrogen-bond acceptors (Lipinski definition) is 6. The van der Waals surface area contributed by atoms with E-state index in [-0.39, 0.29) is 6.10 Å². The zero-order chi connectivity index (χ0) is 15.8. The molecular formula is C17H18N4OS. The second-order valence-corrected chi connectivity index (χ2v) is 7.27. The number of piperidine rings is 1. The van der Waals surface area contributed by atoms with Crippen molar-refractivity contribution < 1.29 is 4.74 Å². The minimum Gasteiger partial charge on any atom is -0.465 e. The third kappa shape index (κ3) is 2.82. The van der Waals surface area contributed by atoms with E-state index in [0.717, 1.165) is 23.4 Å². The SMILES string of the molecule is CN1C2CCC1CC(Oc1nnc(-c3cccc(C#N)c3)s1)C2. The summed E-state index contributed by atoms with van der Waals surface area (Å²) in [6, 6.07) is 10.9. The second-order valence-electron chi connectivity index (χ2n) is 6.33. The normalized spacial score (nSPS) is 26.9. The summed E-state index contributed by atoms with van der Waals surface area (Å²) in [4.78, 5) is 2.50. The monoisotopic (exact) mass is 326 g/mol. The van der Waals surface area contributed by atoms with Gasteiger partial charge in [-0.05, 0) is 44.9 Å². The third-order valence-electron chi connectivity index (χ3n) is 4.97. The van der Waals surface area contributed by atoms with Crippen LogP contribution in [0.5, 0.6) is 5.19 Å². The Kier molecular flexibility index (Phi) is 3.76. The van der Waals surface area contributed by atoms with Crippen LogP contribution in [0.15, 0.2) is 24.3 Å². The first kappa shape index (κ1) is 14.6. The molecule has 0 spiro atoms. The summed E-state index contributed by atoms with van der Waals surface area (Å²) in [5.41, 5.74) is 1.55. The van der Waals surface area contributed by atoms with E-state index < -0.39 is 0 Å². The Morgan fingerprint density at radius 3 is 2.78 bits per heavy atom. The number of benzene rings is 1. The van der Waals surface area contributed by atoms with Gasteiger partial charge in [0.05, 0.1) is 11.6 Å². The molecule has 2 aliphatic heterocycles. The molecule has 2 bridgehead atoms. The minimum atomic E-state index is 0.245. The van der Waals surface area contributed by atoms with Gasteiger partial charge in [-0.15, -0.1) is 5.10 Å². The Balaban J connectivity index is 1.47. The Morgan fingerprint density at radius 2 is 2.04 bits per heavy atom. The van der Waals surface area contributed by atoms with Gasteiger partial charge >= 0.3 is 0 Å². The van der Waals surface area contributed by atoms with Gasteiger partial charge in [-0.25, -0.2) is 0 Å². The molecule has 1 aromatic heterocycles. The molecule has 1 aromatic carbocycles. The topological polar surface area (TPSA) is 62.0 Å². The lowest BCUT2D eigenvalue weighted by Crippen LogP contribution is -2.43. The van der Waals surface area contributed by atoms with Crippen molar-refractivity contribution in [1.82, 2.24) is 15.1 Å². The predicted molar refractivity (Wildman–Crippen MR) is 88.3 cm³/mol. The van der Waals surface area contributed by atoms with E-state index in [4.69, 9.17) is 10.00 Å². The quantitative estimate of drug-likeness (QED) is 0.867. The largest absolute Gasteiger partial charge is 0.465 e. The van der Waals surface area contributed by atoms with Gasteiger partial charge in [-0.3, -0.25) is 0 Å². The summed E-state index contributed by atoms with van der Waals surface area (Å²) in [5.74, 6) is 0. The van der Waals surface area contributed by atoms with Crippen molar-refractivity contribution in [3.8, 4) is 21.8 Å². The maximum atomic E-state index is 9.00. The highest BCUT2D eigenvalue weighted by Gasteiger charge is 2.39. The minimum absolute atomic E-state index is 0.245. The van der Waals surface area contributed by atoms with E-state index >= 15 is 0 Å². The molecule has 2 saturated heterocycles. The van der Waals surface area contributed by atoms with Gasteiger partial charge in [0, 0.05) is 17.6 Å². The first-order valence-corrected chi connectivity index (χ1v) is 8.77. The van der Waals surface area contributed by atoms with Crippen LogP contribution in [-0.4, -0.2) is 40.3 Å². The number of fused-ring (bicyclic) bond motifs is 2. The summed E-state index contributed by atoms with van der Waals surface area (Å²) in [6.07, 6.45) is 4.96. The molecule has 0 saturated carbocycles. The second kappa shape index (κ2) is 5.91. The lowest BCUT2D eigenvalue weighted by molar-refractivity contribution is 0.0655. The van der Waals surface area contributed by atoms with Crippen molar-refractivity contribution in [2.75, 3.05) is 7.05 Å². The molecule has 3 heterocycles. The van der Waals surface area contributed by atoms with Gasteiger partial charge in [0.2, 0.25) is 0 Å². The summed E-state index contributed by atoms with van der Waals surface area (Å²) in [7, 11) is 2.23. The fourth-order valence-corrected chi connectivity index (χ4v) is 4.45. The fourth-order valence-electron chi connectivity index (χ4n) is 3.70. The van der Waals surface area contributed by atoms with Crippen LogP contribution in [0.1, 0.15) is 31.2 Å². The van der Waals surface area contributed by atoms with Gasteiger partial charge in [0.15, 0.2) is 5.01 Å². The highest BCUT2D eigenvalue weighted by Crippen LogP contribution is 2.37. The average molecular weight is 326 g/mol. The molecule has 2 atom stereocenters. The molecule has 2 aliphatic rings. The zero-order valence-electron chi connectivity index (χ0n) is 13.0. The van der Waals surface area contributed by atoms with Crippen molar-refractivity contribution >= 4 is 11.3 Å². The average Bonchev–Trinajstić information content (AvgIpc) is 3.09. The number of ether oxygens (including phenoxy) is 1. The summed E-state index contributed by atoms with van der Waals surface area (Å²) in [5, 5.41) is 18.8. The van der Waals surface area contributed by atoms with Crippen LogP contribution in [-0.2, 0) is 0 Å². The fraction of sp³-hybridized carbons (Fsp3) is 0.471. The summed E-state index contributed by atoms with van der Waals surface area (Å²) >= 11 is 1.46. The maximum absolute atomic E-state index is 9.00. The van der Waals surface area contributed by atoms with Gasteiger partial charge in [-0.2, -0.15) is 5.26 Å². The smallest absolute Gasteiger partial charge is 0.294 e. The number of rotatable bonds is 3. The molecule has 0 radical (unpaired) electrons. The van der Waals surface area contributed by atoms with Crippen molar-refractivity contribution in [1.29, 1.82) is 5.26 Å². The summed E-state index contributed by atoms with van der Waals surface area (Å²) < 4.78 is 6.10. The molecule has 0 aliphatic carbocycles. The van der Waals surface area contributed by atoms with Crippen LogP contribution in [0.3, 0.4) is 0 Å². The van der Waals surface area contributed by atoms with E-state index in [9.17, 15) is 0 Å². The molecule has 4 rings (SSSR count). The van der Waals surface area contributed by atoms with Crippen molar-refractivity contribution in [3.63, 3.8) is 0 Å². The first-order chi connectivity index (χ1) is 11.2. The Hall–Kier alpha value is -1.97. The number of hydrogen-bond donors (Lipinski definition) is 0.